The molecular weight excluding hydrogens is 316 g/mol. The number of carbonyl (C=O) groups is 1. The molecule has 2 aromatic rings. The summed E-state index contributed by atoms with van der Waals surface area (Å²) in [5, 5.41) is 12.1. The third-order valence-electron chi connectivity index (χ3n) is 3.45. The van der Waals surface area contributed by atoms with E-state index in [4.69, 9.17) is 9.84 Å². The number of carboxylic acid groups (broad SMARTS) is 1. The van der Waals surface area contributed by atoms with Crippen molar-refractivity contribution in [1.82, 2.24) is 5.32 Å². The van der Waals surface area contributed by atoms with Gasteiger partial charge in [-0.05, 0) is 23.6 Å². The molecule has 0 bridgehead atoms. The van der Waals surface area contributed by atoms with E-state index >= 15 is 0 Å². The predicted molar refractivity (Wildman–Crippen MR) is 86.0 cm³/mol. The Balaban J connectivity index is 1.99. The van der Waals surface area contributed by atoms with Crippen LogP contribution in [0.4, 0.5) is 8.78 Å². The summed E-state index contributed by atoms with van der Waals surface area (Å²) in [6.45, 7) is 4.06. The Morgan fingerprint density at radius 1 is 1.08 bits per heavy atom. The zero-order chi connectivity index (χ0) is 17.7. The maximum Gasteiger partial charge on any atom is 0.320 e. The second kappa shape index (κ2) is 7.88. The van der Waals surface area contributed by atoms with Crippen LogP contribution in [0.3, 0.4) is 0 Å². The van der Waals surface area contributed by atoms with E-state index < -0.39 is 23.6 Å². The van der Waals surface area contributed by atoms with Crippen LogP contribution in [0.25, 0.3) is 0 Å². The van der Waals surface area contributed by atoms with Crippen molar-refractivity contribution in [2.45, 2.75) is 26.4 Å². The van der Waals surface area contributed by atoms with E-state index in [1.54, 1.807) is 24.3 Å². The first kappa shape index (κ1) is 17.9. The van der Waals surface area contributed by atoms with Gasteiger partial charge in [0.25, 0.3) is 0 Å². The Labute approximate surface area is 139 Å². The zero-order valence-corrected chi connectivity index (χ0v) is 13.4. The van der Waals surface area contributed by atoms with Crippen molar-refractivity contribution in [2.75, 3.05) is 0 Å². The molecular formula is C18H19F2NO3. The second-order valence-corrected chi connectivity index (χ2v) is 5.79. The van der Waals surface area contributed by atoms with Gasteiger partial charge in [0, 0.05) is 24.7 Å². The molecule has 0 spiro atoms. The van der Waals surface area contributed by atoms with E-state index in [-0.39, 0.29) is 11.7 Å². The van der Waals surface area contributed by atoms with Crippen LogP contribution in [0.5, 0.6) is 11.5 Å². The monoisotopic (exact) mass is 335 g/mol. The first-order valence-electron chi connectivity index (χ1n) is 7.54. The largest absolute Gasteiger partial charge is 0.480 e. The van der Waals surface area contributed by atoms with Crippen molar-refractivity contribution in [3.8, 4) is 11.5 Å². The molecule has 2 aromatic carbocycles. The molecule has 2 N–H and O–H groups in total. The number of halogens is 2. The molecule has 0 radical (unpaired) electrons. The number of carboxylic acids is 1. The number of hydrogen-bond donors (Lipinski definition) is 2. The minimum atomic E-state index is -0.891. The van der Waals surface area contributed by atoms with Crippen LogP contribution in [-0.4, -0.2) is 17.1 Å². The lowest BCUT2D eigenvalue weighted by Gasteiger charge is -2.18. The molecule has 0 aliphatic carbocycles. The molecule has 24 heavy (non-hydrogen) atoms. The topological polar surface area (TPSA) is 58.6 Å². The number of nitrogens with one attached hydrogen (secondary N) is 1. The van der Waals surface area contributed by atoms with Crippen molar-refractivity contribution in [3.63, 3.8) is 0 Å². The molecule has 0 aliphatic rings. The van der Waals surface area contributed by atoms with Crippen LogP contribution < -0.4 is 10.1 Å². The third-order valence-corrected chi connectivity index (χ3v) is 3.45. The Morgan fingerprint density at radius 3 is 2.17 bits per heavy atom. The van der Waals surface area contributed by atoms with E-state index in [1.807, 2.05) is 13.8 Å². The molecule has 4 nitrogen and oxygen atoms in total. The summed E-state index contributed by atoms with van der Waals surface area (Å²) in [4.78, 5) is 11.1. The minimum Gasteiger partial charge on any atom is -0.480 e. The van der Waals surface area contributed by atoms with E-state index in [2.05, 4.69) is 5.32 Å². The molecule has 0 aliphatic heterocycles. The van der Waals surface area contributed by atoms with E-state index in [0.717, 1.165) is 23.8 Å². The van der Waals surface area contributed by atoms with Gasteiger partial charge in [0.05, 0.1) is 0 Å². The lowest BCUT2D eigenvalue weighted by Crippen LogP contribution is -2.40. The number of hydrogen-bond acceptors (Lipinski definition) is 3. The summed E-state index contributed by atoms with van der Waals surface area (Å²) in [6.07, 6.45) is 0. The highest BCUT2D eigenvalue weighted by atomic mass is 19.1. The van der Waals surface area contributed by atoms with Crippen molar-refractivity contribution >= 4 is 5.97 Å². The summed E-state index contributed by atoms with van der Waals surface area (Å²) >= 11 is 0. The second-order valence-electron chi connectivity index (χ2n) is 5.79. The molecule has 1 atom stereocenters. The van der Waals surface area contributed by atoms with E-state index in [0.29, 0.717) is 12.3 Å². The molecule has 6 heteroatoms. The van der Waals surface area contributed by atoms with Gasteiger partial charge in [-0.2, -0.15) is 0 Å². The van der Waals surface area contributed by atoms with Crippen LogP contribution in [0, 0.1) is 17.6 Å². The summed E-state index contributed by atoms with van der Waals surface area (Å²) in [5.74, 6) is -1.84. The molecule has 128 valence electrons. The molecule has 0 fully saturated rings. The highest BCUT2D eigenvalue weighted by Crippen LogP contribution is 2.23. The van der Waals surface area contributed by atoms with Crippen molar-refractivity contribution in [2.24, 2.45) is 5.92 Å². The molecule has 0 saturated heterocycles. The van der Waals surface area contributed by atoms with Gasteiger partial charge in [-0.15, -0.1) is 0 Å². The van der Waals surface area contributed by atoms with Crippen molar-refractivity contribution < 1.29 is 23.4 Å². The summed E-state index contributed by atoms with van der Waals surface area (Å²) in [5.41, 5.74) is 0.875. The smallest absolute Gasteiger partial charge is 0.320 e. The van der Waals surface area contributed by atoms with Crippen LogP contribution in [0.2, 0.25) is 0 Å². The Bertz CT molecular complexity index is 682. The van der Waals surface area contributed by atoms with Crippen LogP contribution in [-0.2, 0) is 11.3 Å². The molecule has 0 amide bonds. The first-order chi connectivity index (χ1) is 11.3. The van der Waals surface area contributed by atoms with Crippen LogP contribution >= 0.6 is 0 Å². The Morgan fingerprint density at radius 2 is 1.67 bits per heavy atom. The maximum absolute atomic E-state index is 13.1. The average Bonchev–Trinajstić information content (AvgIpc) is 2.47. The minimum absolute atomic E-state index is 0.0343. The van der Waals surface area contributed by atoms with Crippen LogP contribution in [0.15, 0.2) is 42.5 Å². The van der Waals surface area contributed by atoms with Gasteiger partial charge >= 0.3 is 5.97 Å². The summed E-state index contributed by atoms with van der Waals surface area (Å²) in [6, 6.07) is 9.17. The Hall–Kier alpha value is -2.47. The quantitative estimate of drug-likeness (QED) is 0.804. The van der Waals surface area contributed by atoms with Crippen molar-refractivity contribution in [1.29, 1.82) is 0 Å². The van der Waals surface area contributed by atoms with E-state index in [9.17, 15) is 13.6 Å². The lowest BCUT2D eigenvalue weighted by molar-refractivity contribution is -0.140. The van der Waals surface area contributed by atoms with Gasteiger partial charge in [0.2, 0.25) is 0 Å². The standard InChI is InChI=1S/C18H19F2NO3/c1-11(2)17(18(22)23)21-10-12-3-5-15(6-4-12)24-16-8-13(19)7-14(20)9-16/h3-9,11,17,21H,10H2,1-2H3,(H,22,23)/t17-/m0/s1. The van der Waals surface area contributed by atoms with Gasteiger partial charge < -0.3 is 15.2 Å². The lowest BCUT2D eigenvalue weighted by atomic mass is 10.0. The SMILES string of the molecule is CC(C)[C@H](NCc1ccc(Oc2cc(F)cc(F)c2)cc1)C(=O)O. The van der Waals surface area contributed by atoms with Gasteiger partial charge in [-0.1, -0.05) is 26.0 Å². The number of rotatable bonds is 7. The summed E-state index contributed by atoms with van der Waals surface area (Å²) < 4.78 is 31.7. The third kappa shape index (κ3) is 5.03. The highest BCUT2D eigenvalue weighted by molar-refractivity contribution is 5.73. The van der Waals surface area contributed by atoms with Gasteiger partial charge in [-0.25, -0.2) is 8.78 Å². The fourth-order valence-corrected chi connectivity index (χ4v) is 2.23. The molecule has 0 unspecified atom stereocenters. The van der Waals surface area contributed by atoms with Gasteiger partial charge in [0.1, 0.15) is 29.2 Å². The van der Waals surface area contributed by atoms with E-state index in [1.165, 1.54) is 0 Å². The fraction of sp³-hybridized carbons (Fsp3) is 0.278. The molecule has 0 saturated carbocycles. The fourth-order valence-electron chi connectivity index (χ4n) is 2.23. The zero-order valence-electron chi connectivity index (χ0n) is 13.4. The number of ether oxygens (including phenoxy) is 1. The molecule has 0 aromatic heterocycles. The maximum atomic E-state index is 13.1. The number of benzene rings is 2. The first-order valence-corrected chi connectivity index (χ1v) is 7.54. The van der Waals surface area contributed by atoms with Crippen LogP contribution in [0.1, 0.15) is 19.4 Å². The normalized spacial score (nSPS) is 12.2. The number of aliphatic carboxylic acids is 1. The highest BCUT2D eigenvalue weighted by Gasteiger charge is 2.20. The van der Waals surface area contributed by atoms with Crippen molar-refractivity contribution in [3.05, 3.63) is 59.7 Å². The average molecular weight is 335 g/mol. The predicted octanol–water partition coefficient (Wildman–Crippen LogP) is 3.96. The van der Waals surface area contributed by atoms with Gasteiger partial charge in [0.15, 0.2) is 0 Å². The Kier molecular flexibility index (Phi) is 5.87. The summed E-state index contributed by atoms with van der Waals surface area (Å²) in [7, 11) is 0. The molecule has 0 heterocycles. The molecule has 2 rings (SSSR count). The van der Waals surface area contributed by atoms with Gasteiger partial charge in [-0.3, -0.25) is 4.79 Å².